The van der Waals surface area contributed by atoms with Crippen molar-refractivity contribution in [2.75, 3.05) is 18.0 Å². The average molecular weight is 189 g/mol. The van der Waals surface area contributed by atoms with Crippen LogP contribution in [-0.4, -0.2) is 24.2 Å². The van der Waals surface area contributed by atoms with Crippen LogP contribution in [0.15, 0.2) is 12.3 Å². The summed E-state index contributed by atoms with van der Waals surface area (Å²) in [5.74, 6) is 0. The number of pyridine rings is 1. The number of anilines is 1. The summed E-state index contributed by atoms with van der Waals surface area (Å²) in [7, 11) is 0. The SMILES string of the molecule is Cc1cc2c(cn1)CCCN2C1CN1. The van der Waals surface area contributed by atoms with Gasteiger partial charge < -0.3 is 4.90 Å². The number of nitrogens with zero attached hydrogens (tertiary/aromatic N) is 2. The highest BCUT2D eigenvalue weighted by Gasteiger charge is 2.31. The van der Waals surface area contributed by atoms with E-state index in [2.05, 4.69) is 28.2 Å². The molecule has 3 nitrogen and oxygen atoms in total. The van der Waals surface area contributed by atoms with Gasteiger partial charge in [0.05, 0.1) is 6.17 Å². The molecule has 3 rings (SSSR count). The van der Waals surface area contributed by atoms with Crippen molar-refractivity contribution < 1.29 is 0 Å². The lowest BCUT2D eigenvalue weighted by molar-refractivity contribution is 0.679. The molecule has 0 saturated carbocycles. The summed E-state index contributed by atoms with van der Waals surface area (Å²) < 4.78 is 0. The van der Waals surface area contributed by atoms with Gasteiger partial charge in [0, 0.05) is 30.7 Å². The molecule has 0 spiro atoms. The Kier molecular flexibility index (Phi) is 1.74. The van der Waals surface area contributed by atoms with Crippen LogP contribution < -0.4 is 10.2 Å². The largest absolute Gasteiger partial charge is 0.354 e. The summed E-state index contributed by atoms with van der Waals surface area (Å²) >= 11 is 0. The molecule has 74 valence electrons. The summed E-state index contributed by atoms with van der Waals surface area (Å²) in [4.78, 5) is 6.84. The molecule has 2 aliphatic rings. The third kappa shape index (κ3) is 1.28. The lowest BCUT2D eigenvalue weighted by Crippen LogP contribution is -2.33. The first-order valence-corrected chi connectivity index (χ1v) is 5.30. The first-order valence-electron chi connectivity index (χ1n) is 5.30. The van der Waals surface area contributed by atoms with Crippen LogP contribution in [0, 0.1) is 6.92 Å². The van der Waals surface area contributed by atoms with E-state index < -0.39 is 0 Å². The van der Waals surface area contributed by atoms with Crippen LogP contribution >= 0.6 is 0 Å². The summed E-state index contributed by atoms with van der Waals surface area (Å²) in [6, 6.07) is 2.22. The number of fused-ring (bicyclic) bond motifs is 1. The number of aryl methyl sites for hydroxylation is 2. The van der Waals surface area contributed by atoms with Crippen molar-refractivity contribution >= 4 is 5.69 Å². The second-order valence-corrected chi connectivity index (χ2v) is 4.18. The van der Waals surface area contributed by atoms with Crippen LogP contribution in [-0.2, 0) is 6.42 Å². The highest BCUT2D eigenvalue weighted by atomic mass is 15.4. The van der Waals surface area contributed by atoms with Crippen molar-refractivity contribution in [3.8, 4) is 0 Å². The Morgan fingerprint density at radius 2 is 2.43 bits per heavy atom. The van der Waals surface area contributed by atoms with Crippen LogP contribution in [0.4, 0.5) is 5.69 Å². The zero-order valence-corrected chi connectivity index (χ0v) is 8.45. The molecule has 1 aromatic heterocycles. The molecule has 1 aromatic rings. The molecule has 3 heteroatoms. The van der Waals surface area contributed by atoms with Gasteiger partial charge in [-0.25, -0.2) is 0 Å². The minimum absolute atomic E-state index is 0.593. The van der Waals surface area contributed by atoms with Gasteiger partial charge in [-0.05, 0) is 31.4 Å². The lowest BCUT2D eigenvalue weighted by atomic mass is 10.0. The maximum atomic E-state index is 4.36. The second-order valence-electron chi connectivity index (χ2n) is 4.18. The fraction of sp³-hybridized carbons (Fsp3) is 0.545. The summed E-state index contributed by atoms with van der Waals surface area (Å²) in [5.41, 5.74) is 3.94. The van der Waals surface area contributed by atoms with Gasteiger partial charge in [-0.1, -0.05) is 0 Å². The molecule has 0 aromatic carbocycles. The van der Waals surface area contributed by atoms with E-state index in [1.807, 2.05) is 6.20 Å². The molecule has 0 amide bonds. The van der Waals surface area contributed by atoms with Crippen LogP contribution in [0.5, 0.6) is 0 Å². The monoisotopic (exact) mass is 189 g/mol. The average Bonchev–Trinajstić information content (AvgIpc) is 3.00. The van der Waals surface area contributed by atoms with Gasteiger partial charge in [-0.3, -0.25) is 10.3 Å². The molecule has 1 saturated heterocycles. The minimum atomic E-state index is 0.593. The van der Waals surface area contributed by atoms with E-state index in [0.717, 1.165) is 12.2 Å². The zero-order valence-electron chi connectivity index (χ0n) is 8.45. The van der Waals surface area contributed by atoms with E-state index in [9.17, 15) is 0 Å². The number of rotatable bonds is 1. The summed E-state index contributed by atoms with van der Waals surface area (Å²) in [5, 5.41) is 3.37. The fourth-order valence-electron chi connectivity index (χ4n) is 2.19. The summed E-state index contributed by atoms with van der Waals surface area (Å²) in [6.45, 7) is 4.39. The van der Waals surface area contributed by atoms with Crippen LogP contribution in [0.25, 0.3) is 0 Å². The van der Waals surface area contributed by atoms with Crippen molar-refractivity contribution in [2.24, 2.45) is 0 Å². The van der Waals surface area contributed by atoms with Crippen LogP contribution in [0.3, 0.4) is 0 Å². The first kappa shape index (κ1) is 8.24. The van der Waals surface area contributed by atoms with E-state index in [0.29, 0.717) is 6.17 Å². The van der Waals surface area contributed by atoms with Gasteiger partial charge in [-0.15, -0.1) is 0 Å². The smallest absolute Gasteiger partial charge is 0.0924 e. The van der Waals surface area contributed by atoms with Gasteiger partial charge in [-0.2, -0.15) is 0 Å². The Bertz CT molecular complexity index is 358. The highest BCUT2D eigenvalue weighted by Crippen LogP contribution is 2.29. The van der Waals surface area contributed by atoms with E-state index in [1.54, 1.807) is 0 Å². The van der Waals surface area contributed by atoms with Crippen molar-refractivity contribution in [2.45, 2.75) is 25.9 Å². The Morgan fingerprint density at radius 3 is 3.21 bits per heavy atom. The van der Waals surface area contributed by atoms with Gasteiger partial charge in [0.1, 0.15) is 0 Å². The number of hydrogen-bond acceptors (Lipinski definition) is 3. The Balaban J connectivity index is 2.02. The first-order chi connectivity index (χ1) is 6.84. The molecule has 1 atom stereocenters. The summed E-state index contributed by atoms with van der Waals surface area (Å²) in [6.07, 6.45) is 5.08. The van der Waals surface area contributed by atoms with Crippen molar-refractivity contribution in [3.05, 3.63) is 23.5 Å². The Labute approximate surface area is 84.1 Å². The maximum absolute atomic E-state index is 4.36. The molecule has 0 aliphatic carbocycles. The third-order valence-electron chi connectivity index (χ3n) is 3.02. The normalized spacial score (nSPS) is 24.6. The van der Waals surface area contributed by atoms with Gasteiger partial charge in [0.25, 0.3) is 0 Å². The molecule has 0 radical (unpaired) electrons. The van der Waals surface area contributed by atoms with Gasteiger partial charge in [0.2, 0.25) is 0 Å². The van der Waals surface area contributed by atoms with Crippen molar-refractivity contribution in [3.63, 3.8) is 0 Å². The predicted molar refractivity (Wildman–Crippen MR) is 56.4 cm³/mol. The highest BCUT2D eigenvalue weighted by molar-refractivity contribution is 5.56. The van der Waals surface area contributed by atoms with Gasteiger partial charge in [0.15, 0.2) is 0 Å². The molecule has 14 heavy (non-hydrogen) atoms. The molecular formula is C11H15N3. The zero-order chi connectivity index (χ0) is 9.54. The van der Waals surface area contributed by atoms with E-state index >= 15 is 0 Å². The molecule has 1 unspecified atom stereocenters. The number of hydrogen-bond donors (Lipinski definition) is 1. The van der Waals surface area contributed by atoms with E-state index in [4.69, 9.17) is 0 Å². The Hall–Kier alpha value is -1.09. The molecule has 1 N–H and O–H groups in total. The van der Waals surface area contributed by atoms with E-state index in [-0.39, 0.29) is 0 Å². The van der Waals surface area contributed by atoms with Gasteiger partial charge >= 0.3 is 0 Å². The molecule has 1 fully saturated rings. The fourth-order valence-corrected chi connectivity index (χ4v) is 2.19. The van der Waals surface area contributed by atoms with Crippen molar-refractivity contribution in [1.82, 2.24) is 10.3 Å². The van der Waals surface area contributed by atoms with Crippen LogP contribution in [0.2, 0.25) is 0 Å². The number of aromatic nitrogens is 1. The predicted octanol–water partition coefficient (Wildman–Crippen LogP) is 1.07. The topological polar surface area (TPSA) is 38.1 Å². The quantitative estimate of drug-likeness (QED) is 0.672. The van der Waals surface area contributed by atoms with Crippen LogP contribution in [0.1, 0.15) is 17.7 Å². The second kappa shape index (κ2) is 2.95. The van der Waals surface area contributed by atoms with E-state index in [1.165, 1.54) is 30.6 Å². The molecule has 3 heterocycles. The minimum Gasteiger partial charge on any atom is -0.354 e. The third-order valence-corrected chi connectivity index (χ3v) is 3.02. The van der Waals surface area contributed by atoms with Crippen molar-refractivity contribution in [1.29, 1.82) is 0 Å². The maximum Gasteiger partial charge on any atom is 0.0924 e. The molecule has 2 aliphatic heterocycles. The standard InChI is InChI=1S/C11H15N3/c1-8-5-10-9(6-12-8)3-2-4-14(10)11-7-13-11/h5-6,11,13H,2-4,7H2,1H3. The molecule has 0 bridgehead atoms. The number of nitrogens with one attached hydrogen (secondary N) is 1. The lowest BCUT2D eigenvalue weighted by Gasteiger charge is -2.30. The Morgan fingerprint density at radius 1 is 1.57 bits per heavy atom. The molecular weight excluding hydrogens is 174 g/mol.